The van der Waals surface area contributed by atoms with Gasteiger partial charge in [0.05, 0.1) is 0 Å². The van der Waals surface area contributed by atoms with E-state index in [-0.39, 0.29) is 59.1 Å². The first-order valence-corrected chi connectivity index (χ1v) is 2.94. The molecule has 36 valence electrons. The van der Waals surface area contributed by atoms with Crippen LogP contribution >= 0.6 is 7.82 Å². The second kappa shape index (κ2) is 7.80. The molecule has 8 heteroatoms. The normalized spacial score (nSPS) is 8.75. The Labute approximate surface area is 101 Å². The standard InChI is InChI=1S/2Na.H3O4P.V/c;;1-5(2,3)4;/h;;(H3,1,2,3,4);/q2*+1;;+1/p-3. The van der Waals surface area contributed by atoms with Gasteiger partial charge in [0.15, 0.2) is 0 Å². The van der Waals surface area contributed by atoms with Crippen molar-refractivity contribution in [3.05, 3.63) is 0 Å². The van der Waals surface area contributed by atoms with Crippen LogP contribution in [0.4, 0.5) is 0 Å². The number of hydrogen-bond acceptors (Lipinski definition) is 4. The first kappa shape index (κ1) is 17.0. The van der Waals surface area contributed by atoms with Gasteiger partial charge < -0.3 is 0 Å². The SMILES string of the molecule is O=P([O-])([O-])[O][V].[Na+].[Na+]. The quantitative estimate of drug-likeness (QED) is 0.305. The molecule has 0 aromatic heterocycles. The molecule has 0 rings (SSSR count). The maximum absolute atomic E-state index is 9.23. The van der Waals surface area contributed by atoms with Crippen molar-refractivity contribution >= 4 is 7.82 Å². The molecule has 0 heterocycles. The van der Waals surface area contributed by atoms with Gasteiger partial charge in [-0.1, -0.05) is 0 Å². The largest absolute Gasteiger partial charge is 1.00 e. The summed E-state index contributed by atoms with van der Waals surface area (Å²) in [6, 6.07) is 0. The third-order valence-corrected chi connectivity index (χ3v) is 1.24. The average molecular weight is 192 g/mol. The van der Waals surface area contributed by atoms with Crippen molar-refractivity contribution in [3.63, 3.8) is 0 Å². The maximum Gasteiger partial charge on any atom is 1.00 e. The van der Waals surface area contributed by atoms with Crippen LogP contribution in [0, 0.1) is 0 Å². The zero-order chi connectivity index (χ0) is 5.21. The van der Waals surface area contributed by atoms with E-state index in [1.807, 2.05) is 0 Å². The average Bonchev–Trinajstić information content (AvgIpc) is 1.35. The van der Waals surface area contributed by atoms with Crippen molar-refractivity contribution in [2.45, 2.75) is 0 Å². The van der Waals surface area contributed by atoms with E-state index in [1.54, 1.807) is 0 Å². The third-order valence-electron chi connectivity index (χ3n) is 0.100. The van der Waals surface area contributed by atoms with E-state index in [2.05, 4.69) is 3.45 Å². The fourth-order valence-electron chi connectivity index (χ4n) is 0. The van der Waals surface area contributed by atoms with Crippen LogP contribution in [-0.4, -0.2) is 0 Å². The van der Waals surface area contributed by atoms with E-state index < -0.39 is 7.82 Å². The van der Waals surface area contributed by atoms with E-state index >= 15 is 0 Å². The molecule has 8 heavy (non-hydrogen) atoms. The van der Waals surface area contributed by atoms with Crippen LogP contribution in [0.1, 0.15) is 0 Å². The molecule has 0 N–H and O–H groups in total. The first-order chi connectivity index (χ1) is 2.56. The predicted octanol–water partition coefficient (Wildman–Crippen LogP) is -7.70. The van der Waals surface area contributed by atoms with E-state index in [0.717, 1.165) is 0 Å². The van der Waals surface area contributed by atoms with Crippen LogP contribution in [-0.2, 0) is 25.8 Å². The Kier molecular flexibility index (Phi) is 16.5. The summed E-state index contributed by atoms with van der Waals surface area (Å²) in [7, 11) is -4.67. The molecule has 0 bridgehead atoms. The van der Waals surface area contributed by atoms with Crippen molar-refractivity contribution in [1.82, 2.24) is 0 Å². The maximum atomic E-state index is 9.23. The first-order valence-electron chi connectivity index (χ1n) is 0.913. The summed E-state index contributed by atoms with van der Waals surface area (Å²) in [4.78, 5) is 18.5. The minimum atomic E-state index is -4.67. The van der Waals surface area contributed by atoms with Crippen LogP contribution in [0.2, 0.25) is 0 Å². The van der Waals surface area contributed by atoms with Crippen LogP contribution in [0.25, 0.3) is 0 Å². The molecule has 0 spiro atoms. The monoisotopic (exact) mass is 192 g/mol. The number of hydrogen-bond donors (Lipinski definition) is 0. The molecule has 4 nitrogen and oxygen atoms in total. The van der Waals surface area contributed by atoms with Crippen LogP contribution < -0.4 is 68.9 Å². The topological polar surface area (TPSA) is 72.4 Å². The second-order valence-electron chi connectivity index (χ2n) is 0.529. The van der Waals surface area contributed by atoms with Gasteiger partial charge in [-0.25, -0.2) is 0 Å². The number of rotatable bonds is 1. The van der Waals surface area contributed by atoms with Crippen molar-refractivity contribution in [1.29, 1.82) is 0 Å². The summed E-state index contributed by atoms with van der Waals surface area (Å²) in [5.74, 6) is 0. The number of phosphoric acid groups is 1. The van der Waals surface area contributed by atoms with E-state index in [9.17, 15) is 14.4 Å². The fourth-order valence-corrected chi connectivity index (χ4v) is 0. The minimum Gasteiger partial charge on any atom is 1.00 e. The Bertz CT molecular complexity index is 78.1. The zero-order valence-corrected chi connectivity index (χ0v) is 10.8. The molecule has 0 radical (unpaired) electrons. The molecule has 0 aliphatic heterocycles. The molecule has 0 amide bonds. The van der Waals surface area contributed by atoms with Crippen molar-refractivity contribution in [3.8, 4) is 0 Å². The van der Waals surface area contributed by atoms with Crippen LogP contribution in [0.3, 0.4) is 0 Å². The Morgan fingerprint density at radius 1 is 1.38 bits per heavy atom. The molecule has 0 unspecified atom stereocenters. The molecular weight excluding hydrogens is 192 g/mol. The Hall–Kier alpha value is 2.69. The Morgan fingerprint density at radius 2 is 1.50 bits per heavy atom. The van der Waals surface area contributed by atoms with Crippen LogP contribution in [0.15, 0.2) is 0 Å². The molecule has 0 saturated heterocycles. The predicted molar refractivity (Wildman–Crippen MR) is 8.69 cm³/mol. The van der Waals surface area contributed by atoms with Gasteiger partial charge in [0.25, 0.3) is 0 Å². The smallest absolute Gasteiger partial charge is 1.00 e. The minimum absolute atomic E-state index is 0. The van der Waals surface area contributed by atoms with E-state index in [1.165, 1.54) is 17.8 Å². The molecule has 0 fully saturated rings. The molecule has 0 aromatic rings. The summed E-state index contributed by atoms with van der Waals surface area (Å²) >= 11 is 1.21. The summed E-state index contributed by atoms with van der Waals surface area (Å²) in [5.41, 5.74) is 0. The molecular formula is Na2O4PV. The van der Waals surface area contributed by atoms with E-state index in [0.29, 0.717) is 0 Å². The van der Waals surface area contributed by atoms with Gasteiger partial charge in [-0.15, -0.1) is 0 Å². The summed E-state index contributed by atoms with van der Waals surface area (Å²) < 4.78 is 12.6. The van der Waals surface area contributed by atoms with Gasteiger partial charge >= 0.3 is 103 Å². The fraction of sp³-hybridized carbons (Fsp3) is 0. The molecule has 0 saturated carbocycles. The molecule has 0 aliphatic carbocycles. The van der Waals surface area contributed by atoms with Gasteiger partial charge in [-0.3, -0.25) is 0 Å². The van der Waals surface area contributed by atoms with Crippen LogP contribution in [0.5, 0.6) is 0 Å². The van der Waals surface area contributed by atoms with Crippen molar-refractivity contribution in [2.24, 2.45) is 0 Å². The molecule has 0 aliphatic rings. The van der Waals surface area contributed by atoms with Gasteiger partial charge in [0.1, 0.15) is 0 Å². The summed E-state index contributed by atoms with van der Waals surface area (Å²) in [5, 5.41) is 0. The van der Waals surface area contributed by atoms with E-state index in [4.69, 9.17) is 0 Å². The third kappa shape index (κ3) is 15.9. The molecule has 0 atom stereocenters. The van der Waals surface area contributed by atoms with Gasteiger partial charge in [-0.2, -0.15) is 0 Å². The molecule has 0 aromatic carbocycles. The summed E-state index contributed by atoms with van der Waals surface area (Å²) in [6.07, 6.45) is 0. The van der Waals surface area contributed by atoms with Gasteiger partial charge in [0, 0.05) is 0 Å². The second-order valence-corrected chi connectivity index (χ2v) is 2.35. The van der Waals surface area contributed by atoms with Crippen molar-refractivity contribution in [2.75, 3.05) is 0 Å². The summed E-state index contributed by atoms with van der Waals surface area (Å²) in [6.45, 7) is 0. The Morgan fingerprint density at radius 3 is 1.50 bits per heavy atom. The zero-order valence-electron chi connectivity index (χ0n) is 4.53. The Balaban J connectivity index is -0.000000125. The van der Waals surface area contributed by atoms with Crippen molar-refractivity contribution < 1.29 is 94.7 Å². The van der Waals surface area contributed by atoms with Gasteiger partial charge in [-0.05, 0) is 0 Å². The van der Waals surface area contributed by atoms with Gasteiger partial charge in [0.2, 0.25) is 0 Å².